The first kappa shape index (κ1) is 14.7. The lowest BCUT2D eigenvalue weighted by molar-refractivity contribution is 0.465. The van der Waals surface area contributed by atoms with Gasteiger partial charge in [0.25, 0.3) is 0 Å². The van der Waals surface area contributed by atoms with Gasteiger partial charge in [-0.3, -0.25) is 5.73 Å². The predicted octanol–water partition coefficient (Wildman–Crippen LogP) is 1.97. The van der Waals surface area contributed by atoms with Crippen LogP contribution < -0.4 is 16.8 Å². The molecule has 7 nitrogen and oxygen atoms in total. The van der Waals surface area contributed by atoms with E-state index in [1.54, 1.807) is 54.7 Å². The number of allylic oxidation sites excluding steroid dienone is 2. The van der Waals surface area contributed by atoms with E-state index in [2.05, 4.69) is 20.5 Å². The summed E-state index contributed by atoms with van der Waals surface area (Å²) in [5.74, 6) is -0.328. The van der Waals surface area contributed by atoms with Crippen LogP contribution in [-0.4, -0.2) is 15.9 Å². The van der Waals surface area contributed by atoms with Crippen molar-refractivity contribution in [1.29, 1.82) is 0 Å². The van der Waals surface area contributed by atoms with E-state index < -0.39 is 5.79 Å². The van der Waals surface area contributed by atoms with Crippen LogP contribution in [0.5, 0.6) is 5.75 Å². The molecule has 0 radical (unpaired) electrons. The standard InChI is InChI=1S/C16H16N6O/c17-14-9-8-13(11-4-6-12(23)7-5-11)16(18,20-14)22-21-15-3-1-2-10-19-15/h1-10,20,23H,17-18H2. The van der Waals surface area contributed by atoms with E-state index in [0.717, 1.165) is 5.56 Å². The van der Waals surface area contributed by atoms with Crippen molar-refractivity contribution >= 4 is 11.4 Å². The molecule has 0 amide bonds. The molecule has 0 bridgehead atoms. The van der Waals surface area contributed by atoms with Crippen LogP contribution in [0.15, 0.2) is 76.9 Å². The maximum atomic E-state index is 9.43. The first-order chi connectivity index (χ1) is 11.1. The monoisotopic (exact) mass is 308 g/mol. The van der Waals surface area contributed by atoms with E-state index in [9.17, 15) is 5.11 Å². The van der Waals surface area contributed by atoms with Crippen LogP contribution in [0.1, 0.15) is 5.56 Å². The number of dihydropyridines is 1. The van der Waals surface area contributed by atoms with Gasteiger partial charge in [0.2, 0.25) is 5.79 Å². The molecular weight excluding hydrogens is 292 g/mol. The Kier molecular flexibility index (Phi) is 3.78. The molecule has 1 aromatic carbocycles. The Labute approximate surface area is 133 Å². The zero-order valence-corrected chi connectivity index (χ0v) is 12.2. The summed E-state index contributed by atoms with van der Waals surface area (Å²) in [6.45, 7) is 0. The molecule has 0 fully saturated rings. The highest BCUT2D eigenvalue weighted by molar-refractivity contribution is 5.75. The topological polar surface area (TPSA) is 122 Å². The molecule has 7 heteroatoms. The number of hydrogen-bond donors (Lipinski definition) is 4. The first-order valence-electron chi connectivity index (χ1n) is 6.95. The zero-order valence-electron chi connectivity index (χ0n) is 12.2. The molecule has 6 N–H and O–H groups in total. The van der Waals surface area contributed by atoms with Gasteiger partial charge in [0, 0.05) is 11.8 Å². The largest absolute Gasteiger partial charge is 0.508 e. The minimum Gasteiger partial charge on any atom is -0.508 e. The van der Waals surface area contributed by atoms with Gasteiger partial charge < -0.3 is 16.2 Å². The van der Waals surface area contributed by atoms with Crippen LogP contribution >= 0.6 is 0 Å². The molecule has 116 valence electrons. The number of aromatic nitrogens is 1. The fourth-order valence-corrected chi connectivity index (χ4v) is 2.21. The van der Waals surface area contributed by atoms with E-state index in [-0.39, 0.29) is 5.75 Å². The Hall–Kier alpha value is -3.19. The second-order valence-corrected chi connectivity index (χ2v) is 5.03. The first-order valence-corrected chi connectivity index (χ1v) is 6.95. The van der Waals surface area contributed by atoms with Gasteiger partial charge in [-0.15, -0.1) is 10.2 Å². The van der Waals surface area contributed by atoms with Gasteiger partial charge in [-0.1, -0.05) is 18.2 Å². The second-order valence-electron chi connectivity index (χ2n) is 5.03. The quantitative estimate of drug-likeness (QED) is 0.646. The number of hydrogen-bond acceptors (Lipinski definition) is 7. The number of azo groups is 1. The SMILES string of the molecule is NC1=CC=C(c2ccc(O)cc2)C(N)(N=Nc2ccccn2)N1. The lowest BCUT2D eigenvalue weighted by atomic mass is 9.97. The van der Waals surface area contributed by atoms with Crippen LogP contribution in [0.4, 0.5) is 5.82 Å². The molecule has 1 aromatic heterocycles. The number of rotatable bonds is 3. The minimum absolute atomic E-state index is 0.172. The summed E-state index contributed by atoms with van der Waals surface area (Å²) < 4.78 is 0. The summed E-state index contributed by atoms with van der Waals surface area (Å²) in [5, 5.41) is 20.6. The van der Waals surface area contributed by atoms with Gasteiger partial charge in [0.1, 0.15) is 5.75 Å². The Morgan fingerprint density at radius 1 is 1.09 bits per heavy atom. The van der Waals surface area contributed by atoms with Gasteiger partial charge >= 0.3 is 0 Å². The van der Waals surface area contributed by atoms with Crippen molar-refractivity contribution in [2.75, 3.05) is 0 Å². The highest BCUT2D eigenvalue weighted by atomic mass is 16.3. The number of nitrogens with two attached hydrogens (primary N) is 2. The number of phenolic OH excluding ortho intramolecular Hbond substituents is 1. The maximum Gasteiger partial charge on any atom is 0.230 e. The van der Waals surface area contributed by atoms with Crippen molar-refractivity contribution in [3.05, 3.63) is 72.2 Å². The fourth-order valence-electron chi connectivity index (χ4n) is 2.21. The molecule has 2 heterocycles. The molecule has 3 rings (SSSR count). The van der Waals surface area contributed by atoms with Gasteiger partial charge in [-0.05, 0) is 42.0 Å². The van der Waals surface area contributed by atoms with E-state index in [1.165, 1.54) is 0 Å². The third-order valence-corrected chi connectivity index (χ3v) is 3.31. The highest BCUT2D eigenvalue weighted by Gasteiger charge is 2.33. The molecule has 2 aromatic rings. The van der Waals surface area contributed by atoms with Crippen molar-refractivity contribution in [3.8, 4) is 5.75 Å². The summed E-state index contributed by atoms with van der Waals surface area (Å²) in [7, 11) is 0. The Morgan fingerprint density at radius 2 is 1.87 bits per heavy atom. The van der Waals surface area contributed by atoms with Crippen molar-refractivity contribution in [2.45, 2.75) is 5.79 Å². The molecule has 1 aliphatic heterocycles. The summed E-state index contributed by atoms with van der Waals surface area (Å²) in [6, 6.07) is 12.0. The van der Waals surface area contributed by atoms with E-state index in [4.69, 9.17) is 11.5 Å². The van der Waals surface area contributed by atoms with Crippen LogP contribution in [0.25, 0.3) is 5.57 Å². The molecule has 0 saturated heterocycles. The lowest BCUT2D eigenvalue weighted by Gasteiger charge is -2.31. The van der Waals surface area contributed by atoms with Crippen LogP contribution in [-0.2, 0) is 0 Å². The number of phenols is 1. The lowest BCUT2D eigenvalue weighted by Crippen LogP contribution is -2.54. The van der Waals surface area contributed by atoms with Crippen molar-refractivity contribution in [3.63, 3.8) is 0 Å². The number of nitrogens with zero attached hydrogens (tertiary/aromatic N) is 3. The molecular formula is C16H16N6O. The maximum absolute atomic E-state index is 9.43. The summed E-state index contributed by atoms with van der Waals surface area (Å²) >= 11 is 0. The number of aromatic hydroxyl groups is 1. The average molecular weight is 308 g/mol. The van der Waals surface area contributed by atoms with Crippen LogP contribution in [0.2, 0.25) is 0 Å². The number of pyridine rings is 1. The number of benzene rings is 1. The second kappa shape index (κ2) is 5.90. The van der Waals surface area contributed by atoms with Gasteiger partial charge in [-0.25, -0.2) is 4.98 Å². The third-order valence-electron chi connectivity index (χ3n) is 3.31. The highest BCUT2D eigenvalue weighted by Crippen LogP contribution is 2.30. The molecule has 1 unspecified atom stereocenters. The molecule has 23 heavy (non-hydrogen) atoms. The molecule has 1 atom stereocenters. The Morgan fingerprint density at radius 3 is 2.57 bits per heavy atom. The molecule has 0 saturated carbocycles. The van der Waals surface area contributed by atoms with Crippen molar-refractivity contribution < 1.29 is 5.11 Å². The summed E-state index contributed by atoms with van der Waals surface area (Å²) in [5.41, 5.74) is 13.6. The van der Waals surface area contributed by atoms with Crippen LogP contribution in [0, 0.1) is 0 Å². The average Bonchev–Trinajstić information content (AvgIpc) is 2.55. The molecule has 1 aliphatic rings. The van der Waals surface area contributed by atoms with Gasteiger partial charge in [-0.2, -0.15) is 0 Å². The van der Waals surface area contributed by atoms with E-state index in [1.807, 2.05) is 6.07 Å². The van der Waals surface area contributed by atoms with Gasteiger partial charge in [0.15, 0.2) is 5.82 Å². The Balaban J connectivity index is 1.98. The van der Waals surface area contributed by atoms with Crippen LogP contribution in [0.3, 0.4) is 0 Å². The zero-order chi connectivity index (χ0) is 16.3. The third kappa shape index (κ3) is 3.19. The minimum atomic E-state index is -1.33. The van der Waals surface area contributed by atoms with E-state index >= 15 is 0 Å². The summed E-state index contributed by atoms with van der Waals surface area (Å²) in [6.07, 6.45) is 5.09. The van der Waals surface area contributed by atoms with Crippen molar-refractivity contribution in [1.82, 2.24) is 10.3 Å². The van der Waals surface area contributed by atoms with E-state index in [0.29, 0.717) is 17.2 Å². The molecule has 0 spiro atoms. The normalized spacial score (nSPS) is 20.7. The Bertz CT molecular complexity index is 782. The summed E-state index contributed by atoms with van der Waals surface area (Å²) in [4.78, 5) is 4.08. The smallest absolute Gasteiger partial charge is 0.230 e. The predicted molar refractivity (Wildman–Crippen MR) is 87.2 cm³/mol. The molecule has 0 aliphatic carbocycles. The number of nitrogens with one attached hydrogen (secondary N) is 1. The van der Waals surface area contributed by atoms with Crippen molar-refractivity contribution in [2.24, 2.45) is 21.7 Å². The fraction of sp³-hybridized carbons (Fsp3) is 0.0625. The van der Waals surface area contributed by atoms with Gasteiger partial charge in [0.05, 0.1) is 5.82 Å².